The Bertz CT molecular complexity index is 1220. The molecule has 0 saturated carbocycles. The Hall–Kier alpha value is -3.05. The number of benzene rings is 2. The summed E-state index contributed by atoms with van der Waals surface area (Å²) in [7, 11) is -4.05. The van der Waals surface area contributed by atoms with Crippen LogP contribution in [0.1, 0.15) is 35.3 Å². The van der Waals surface area contributed by atoms with Gasteiger partial charge in [-0.25, -0.2) is 13.2 Å². The summed E-state index contributed by atoms with van der Waals surface area (Å²) in [4.78, 5) is 11.0. The van der Waals surface area contributed by atoms with E-state index in [2.05, 4.69) is 0 Å². The number of rotatable bonds is 8. The summed E-state index contributed by atoms with van der Waals surface area (Å²) in [6.45, 7) is 3.02. The SMILES string of the molecule is CC(C)N(c1ccc(C(F)(F)F)cc1OCc1ccc(C(=O)O)cc1)S(=O)(=O)c1cccs1. The molecule has 0 atom stereocenters. The molecule has 0 spiro atoms. The predicted octanol–water partition coefficient (Wildman–Crippen LogP) is 5.65. The Morgan fingerprint density at radius 3 is 2.30 bits per heavy atom. The molecule has 0 fully saturated rings. The average Bonchev–Trinajstić information content (AvgIpc) is 3.28. The van der Waals surface area contributed by atoms with Crippen LogP contribution in [0.3, 0.4) is 0 Å². The first kappa shape index (κ1) is 24.6. The first-order valence-corrected chi connectivity index (χ1v) is 12.0. The fourth-order valence-electron chi connectivity index (χ4n) is 3.09. The number of aromatic carboxylic acids is 1. The Labute approximate surface area is 192 Å². The number of carboxylic acid groups (broad SMARTS) is 1. The number of nitrogens with zero attached hydrogens (tertiary/aromatic N) is 1. The number of halogens is 3. The zero-order valence-electron chi connectivity index (χ0n) is 17.5. The molecule has 1 aromatic heterocycles. The molecule has 6 nitrogen and oxygen atoms in total. The molecule has 176 valence electrons. The second kappa shape index (κ2) is 9.44. The van der Waals surface area contributed by atoms with Gasteiger partial charge in [0.15, 0.2) is 0 Å². The van der Waals surface area contributed by atoms with E-state index in [1.54, 1.807) is 25.3 Å². The molecule has 3 aromatic rings. The highest BCUT2D eigenvalue weighted by atomic mass is 32.2. The van der Waals surface area contributed by atoms with E-state index in [9.17, 15) is 26.4 Å². The number of hydrogen-bond donors (Lipinski definition) is 1. The van der Waals surface area contributed by atoms with Crippen molar-refractivity contribution < 1.29 is 36.2 Å². The van der Waals surface area contributed by atoms with Crippen LogP contribution in [0, 0.1) is 0 Å². The maximum atomic E-state index is 13.4. The Balaban J connectivity index is 2.04. The number of hydrogen-bond acceptors (Lipinski definition) is 5. The minimum atomic E-state index is -4.66. The number of anilines is 1. The molecule has 0 amide bonds. The molecule has 11 heteroatoms. The fourth-order valence-corrected chi connectivity index (χ4v) is 5.84. The van der Waals surface area contributed by atoms with E-state index in [0.29, 0.717) is 5.56 Å². The minimum Gasteiger partial charge on any atom is -0.487 e. The third-order valence-electron chi connectivity index (χ3n) is 4.60. The number of carboxylic acids is 1. The molecule has 3 rings (SSSR count). The second-order valence-electron chi connectivity index (χ2n) is 7.30. The lowest BCUT2D eigenvalue weighted by molar-refractivity contribution is -0.137. The lowest BCUT2D eigenvalue weighted by atomic mass is 10.1. The van der Waals surface area contributed by atoms with Crippen LogP contribution in [-0.4, -0.2) is 25.5 Å². The fraction of sp³-hybridized carbons (Fsp3) is 0.227. The van der Waals surface area contributed by atoms with E-state index in [4.69, 9.17) is 9.84 Å². The van der Waals surface area contributed by atoms with Crippen molar-refractivity contribution in [3.05, 3.63) is 76.7 Å². The Morgan fingerprint density at radius 1 is 1.12 bits per heavy atom. The quantitative estimate of drug-likeness (QED) is 0.433. The molecule has 0 radical (unpaired) electrons. The van der Waals surface area contributed by atoms with Crippen LogP contribution in [0.5, 0.6) is 5.75 Å². The zero-order valence-corrected chi connectivity index (χ0v) is 19.2. The lowest BCUT2D eigenvalue weighted by Gasteiger charge is -2.29. The summed E-state index contributed by atoms with van der Waals surface area (Å²) in [5, 5.41) is 10.6. The van der Waals surface area contributed by atoms with E-state index in [0.717, 1.165) is 33.8 Å². The normalized spacial score (nSPS) is 12.1. The first-order chi connectivity index (χ1) is 15.4. The van der Waals surface area contributed by atoms with E-state index in [1.807, 2.05) is 0 Å². The van der Waals surface area contributed by atoms with Gasteiger partial charge >= 0.3 is 12.1 Å². The van der Waals surface area contributed by atoms with Crippen LogP contribution >= 0.6 is 11.3 Å². The van der Waals surface area contributed by atoms with Gasteiger partial charge in [-0.05, 0) is 61.2 Å². The van der Waals surface area contributed by atoms with E-state index < -0.39 is 33.8 Å². The zero-order chi connectivity index (χ0) is 24.4. The van der Waals surface area contributed by atoms with Crippen molar-refractivity contribution in [2.75, 3.05) is 4.31 Å². The van der Waals surface area contributed by atoms with Crippen molar-refractivity contribution in [3.63, 3.8) is 0 Å². The molecular weight excluding hydrogens is 479 g/mol. The van der Waals surface area contributed by atoms with E-state index >= 15 is 0 Å². The number of thiophene rings is 1. The summed E-state index contributed by atoms with van der Waals surface area (Å²) in [6.07, 6.45) is -4.66. The molecule has 33 heavy (non-hydrogen) atoms. The smallest absolute Gasteiger partial charge is 0.416 e. The predicted molar refractivity (Wildman–Crippen MR) is 118 cm³/mol. The molecule has 1 heterocycles. The molecule has 0 saturated heterocycles. The van der Waals surface area contributed by atoms with Gasteiger partial charge in [0.1, 0.15) is 16.6 Å². The highest BCUT2D eigenvalue weighted by molar-refractivity contribution is 7.94. The molecule has 0 aliphatic heterocycles. The van der Waals surface area contributed by atoms with Gasteiger partial charge < -0.3 is 9.84 Å². The van der Waals surface area contributed by atoms with Crippen molar-refractivity contribution in [3.8, 4) is 5.75 Å². The van der Waals surface area contributed by atoms with Crippen molar-refractivity contribution in [2.24, 2.45) is 0 Å². The van der Waals surface area contributed by atoms with Gasteiger partial charge in [-0.2, -0.15) is 13.2 Å². The summed E-state index contributed by atoms with van der Waals surface area (Å²) in [5.41, 5.74) is -0.472. The van der Waals surface area contributed by atoms with Crippen molar-refractivity contribution >= 4 is 33.0 Å². The van der Waals surface area contributed by atoms with Crippen LogP contribution in [0.25, 0.3) is 0 Å². The molecule has 1 N–H and O–H groups in total. The van der Waals surface area contributed by atoms with Crippen molar-refractivity contribution in [2.45, 2.75) is 36.9 Å². The van der Waals surface area contributed by atoms with E-state index in [1.165, 1.54) is 30.3 Å². The Kier molecular flexibility index (Phi) is 7.03. The van der Waals surface area contributed by atoms with Gasteiger partial charge in [-0.15, -0.1) is 11.3 Å². The third-order valence-corrected chi connectivity index (χ3v) is 7.96. The van der Waals surface area contributed by atoms with Gasteiger partial charge in [-0.1, -0.05) is 18.2 Å². The summed E-state index contributed by atoms with van der Waals surface area (Å²) < 4.78 is 73.3. The molecule has 0 unspecified atom stereocenters. The van der Waals surface area contributed by atoms with Gasteiger partial charge in [0.25, 0.3) is 10.0 Å². The topological polar surface area (TPSA) is 83.9 Å². The summed E-state index contributed by atoms with van der Waals surface area (Å²) >= 11 is 0.999. The van der Waals surface area contributed by atoms with Crippen LogP contribution in [-0.2, 0) is 22.8 Å². The monoisotopic (exact) mass is 499 g/mol. The van der Waals surface area contributed by atoms with Crippen molar-refractivity contribution in [1.29, 1.82) is 0 Å². The van der Waals surface area contributed by atoms with E-state index in [-0.39, 0.29) is 27.8 Å². The highest BCUT2D eigenvalue weighted by Gasteiger charge is 2.35. The highest BCUT2D eigenvalue weighted by Crippen LogP contribution is 2.40. The maximum absolute atomic E-state index is 13.4. The molecular formula is C22H20F3NO5S2. The Morgan fingerprint density at radius 2 is 1.79 bits per heavy atom. The first-order valence-electron chi connectivity index (χ1n) is 9.65. The van der Waals surface area contributed by atoms with Crippen LogP contribution in [0.15, 0.2) is 64.2 Å². The minimum absolute atomic E-state index is 0.0337. The number of alkyl halides is 3. The van der Waals surface area contributed by atoms with Crippen LogP contribution in [0.2, 0.25) is 0 Å². The molecule has 2 aromatic carbocycles. The number of ether oxygens (including phenoxy) is 1. The van der Waals surface area contributed by atoms with Gasteiger partial charge in [0, 0.05) is 6.04 Å². The summed E-state index contributed by atoms with van der Waals surface area (Å²) in [5.74, 6) is -1.38. The number of sulfonamides is 1. The molecule has 0 aliphatic rings. The van der Waals surface area contributed by atoms with Crippen LogP contribution < -0.4 is 9.04 Å². The lowest BCUT2D eigenvalue weighted by Crippen LogP contribution is -2.37. The van der Waals surface area contributed by atoms with Crippen molar-refractivity contribution in [1.82, 2.24) is 0 Å². The van der Waals surface area contributed by atoms with Crippen LogP contribution in [0.4, 0.5) is 18.9 Å². The summed E-state index contributed by atoms with van der Waals surface area (Å²) in [6, 6.07) is 10.7. The number of carbonyl (C=O) groups is 1. The standard InChI is InChI=1S/C22H20F3NO5S2/c1-14(2)26(33(29,30)20-4-3-11-32-20)18-10-9-17(22(23,24)25)12-19(18)31-13-15-5-7-16(8-6-15)21(27)28/h3-12,14H,13H2,1-2H3,(H,27,28). The second-order valence-corrected chi connectivity index (χ2v) is 10.3. The van der Waals surface area contributed by atoms with Gasteiger partial charge in [0.05, 0.1) is 16.8 Å². The average molecular weight is 500 g/mol. The largest absolute Gasteiger partial charge is 0.487 e. The van der Waals surface area contributed by atoms with Gasteiger partial charge in [0.2, 0.25) is 0 Å². The molecule has 0 bridgehead atoms. The molecule has 0 aliphatic carbocycles. The maximum Gasteiger partial charge on any atom is 0.416 e. The van der Waals surface area contributed by atoms with Gasteiger partial charge in [-0.3, -0.25) is 4.31 Å². The third kappa shape index (κ3) is 5.48.